The Kier molecular flexibility index (Phi) is 7.66. The number of carbonyl (C=O) groups is 2. The van der Waals surface area contributed by atoms with Gasteiger partial charge in [-0.25, -0.2) is 13.9 Å². The summed E-state index contributed by atoms with van der Waals surface area (Å²) in [5, 5.41) is 12.2. The lowest BCUT2D eigenvalue weighted by atomic mass is 9.90. The fourth-order valence-corrected chi connectivity index (χ4v) is 5.48. The second kappa shape index (κ2) is 11.1. The van der Waals surface area contributed by atoms with Crippen LogP contribution >= 0.6 is 0 Å². The van der Waals surface area contributed by atoms with Crippen LogP contribution in [0.3, 0.4) is 0 Å². The molecule has 4 aromatic rings. The second-order valence-corrected chi connectivity index (χ2v) is 10.2. The van der Waals surface area contributed by atoms with Crippen LogP contribution in [0.1, 0.15) is 17.3 Å². The number of carbonyl (C=O) groups excluding carboxylic acids is 2. The van der Waals surface area contributed by atoms with Gasteiger partial charge in [0.1, 0.15) is 11.5 Å². The van der Waals surface area contributed by atoms with Gasteiger partial charge in [-0.15, -0.1) is 0 Å². The first kappa shape index (κ1) is 25.6. The Morgan fingerprint density at radius 1 is 0.757 bits per heavy atom. The maximum atomic E-state index is 13.6. The number of rotatable bonds is 9. The van der Waals surface area contributed by atoms with Crippen LogP contribution in [0.5, 0.6) is 11.5 Å². The molecule has 0 fully saturated rings. The lowest BCUT2D eigenvalue weighted by Crippen LogP contribution is -2.59. The number of benzene rings is 4. The average Bonchev–Trinajstić information content (AvgIpc) is 2.94. The average molecular weight is 519 g/mol. The van der Waals surface area contributed by atoms with Gasteiger partial charge in [-0.1, -0.05) is 66.7 Å². The van der Waals surface area contributed by atoms with Crippen LogP contribution in [0, 0.1) is 0 Å². The van der Waals surface area contributed by atoms with Crippen molar-refractivity contribution in [3.63, 3.8) is 0 Å². The zero-order valence-electron chi connectivity index (χ0n) is 19.6. The van der Waals surface area contributed by atoms with E-state index < -0.39 is 32.9 Å². The van der Waals surface area contributed by atoms with E-state index in [1.54, 1.807) is 48.5 Å². The van der Waals surface area contributed by atoms with Crippen LogP contribution < -0.4 is 15.5 Å². The molecule has 0 aromatic heterocycles. The largest absolute Gasteiger partial charge is 0.457 e. The fraction of sp³-hybridized carbons (Fsp3) is 0.0714. The number of nitrogens with one attached hydrogen (secondary N) is 2. The molecule has 0 spiro atoms. The van der Waals surface area contributed by atoms with Crippen molar-refractivity contribution in [2.45, 2.75) is 10.4 Å². The van der Waals surface area contributed by atoms with Gasteiger partial charge in [-0.2, -0.15) is 0 Å². The maximum absolute atomic E-state index is 13.6. The van der Waals surface area contributed by atoms with Crippen molar-refractivity contribution in [2.24, 2.45) is 0 Å². The van der Waals surface area contributed by atoms with Gasteiger partial charge in [0.05, 0.1) is 10.6 Å². The van der Waals surface area contributed by atoms with Crippen LogP contribution in [0.2, 0.25) is 0 Å². The van der Waals surface area contributed by atoms with E-state index in [1.807, 2.05) is 18.2 Å². The minimum atomic E-state index is -4.18. The third kappa shape index (κ3) is 5.85. The molecule has 190 valence electrons. The molecule has 3 N–H and O–H groups in total. The highest BCUT2D eigenvalue weighted by atomic mass is 32.2. The molecule has 0 aliphatic carbocycles. The molecule has 2 amide bonds. The Morgan fingerprint density at radius 2 is 1.27 bits per heavy atom. The summed E-state index contributed by atoms with van der Waals surface area (Å²) in [4.78, 5) is 26.1. The maximum Gasteiger partial charge on any atom is 0.274 e. The Bertz CT molecular complexity index is 1470. The van der Waals surface area contributed by atoms with Gasteiger partial charge in [0.25, 0.3) is 11.8 Å². The molecule has 0 radical (unpaired) electrons. The van der Waals surface area contributed by atoms with Gasteiger partial charge in [0.15, 0.2) is 15.4 Å². The summed E-state index contributed by atoms with van der Waals surface area (Å²) in [6, 6.07) is 30.7. The van der Waals surface area contributed by atoms with Gasteiger partial charge in [0.2, 0.25) is 0 Å². The number of sulfone groups is 1. The number of amides is 2. The molecule has 1 atom stereocenters. The molecule has 0 bridgehead atoms. The zero-order chi connectivity index (χ0) is 26.3. The Labute approximate surface area is 215 Å². The van der Waals surface area contributed by atoms with E-state index in [9.17, 15) is 23.2 Å². The first-order chi connectivity index (χ1) is 17.8. The fourth-order valence-electron chi connectivity index (χ4n) is 3.83. The van der Waals surface area contributed by atoms with Crippen LogP contribution in [0.15, 0.2) is 120 Å². The molecule has 4 aromatic carbocycles. The molecule has 0 saturated heterocycles. The highest BCUT2D eigenvalue weighted by molar-refractivity contribution is 7.91. The van der Waals surface area contributed by atoms with E-state index in [2.05, 4.69) is 5.32 Å². The summed E-state index contributed by atoms with van der Waals surface area (Å²) in [7, 11) is -4.18. The van der Waals surface area contributed by atoms with Crippen molar-refractivity contribution in [3.05, 3.63) is 126 Å². The van der Waals surface area contributed by atoms with Crippen molar-refractivity contribution in [3.8, 4) is 11.5 Å². The SMILES string of the molecule is O=C(NC(CS(=O)(=O)c1ccc(Oc2ccccc2)cc1)(C(=O)NO)c1ccccc1)c1ccccc1.[HH]. The lowest BCUT2D eigenvalue weighted by Gasteiger charge is -2.33. The molecule has 1 unspecified atom stereocenters. The van der Waals surface area contributed by atoms with E-state index in [0.29, 0.717) is 11.5 Å². The van der Waals surface area contributed by atoms with Crippen LogP contribution in [0.4, 0.5) is 0 Å². The van der Waals surface area contributed by atoms with Gasteiger partial charge in [-0.05, 0) is 54.1 Å². The third-order valence-corrected chi connectivity index (χ3v) is 7.49. The van der Waals surface area contributed by atoms with E-state index >= 15 is 0 Å². The van der Waals surface area contributed by atoms with Crippen LogP contribution in [-0.2, 0) is 20.2 Å². The van der Waals surface area contributed by atoms with Gasteiger partial charge < -0.3 is 10.1 Å². The molecule has 0 heterocycles. The topological polar surface area (TPSA) is 122 Å². The second-order valence-electron chi connectivity index (χ2n) is 8.18. The van der Waals surface area contributed by atoms with Crippen LogP contribution in [-0.4, -0.2) is 31.2 Å². The summed E-state index contributed by atoms with van der Waals surface area (Å²) in [6.07, 6.45) is 0. The smallest absolute Gasteiger partial charge is 0.274 e. The van der Waals surface area contributed by atoms with E-state index in [4.69, 9.17) is 4.74 Å². The Balaban J connectivity index is 0.00000400. The molecule has 0 aliphatic heterocycles. The van der Waals surface area contributed by atoms with Crippen molar-refractivity contribution >= 4 is 21.7 Å². The molecule has 0 saturated carbocycles. The molecule has 4 rings (SSSR count). The molecule has 0 aliphatic rings. The summed E-state index contributed by atoms with van der Waals surface area (Å²) in [5.41, 5.74) is -0.209. The van der Waals surface area contributed by atoms with Gasteiger partial charge in [-0.3, -0.25) is 14.8 Å². The van der Waals surface area contributed by atoms with Crippen molar-refractivity contribution in [1.29, 1.82) is 0 Å². The first-order valence-corrected chi connectivity index (χ1v) is 12.9. The van der Waals surface area contributed by atoms with E-state index in [1.165, 1.54) is 54.0 Å². The molecular formula is C28H26N2O6S. The summed E-state index contributed by atoms with van der Waals surface area (Å²) >= 11 is 0. The monoisotopic (exact) mass is 518 g/mol. The standard InChI is InChI=1S/C28H24N2O6S.H2/c31-26(21-10-4-1-5-11-21)29-28(27(32)30-33,22-12-6-2-7-13-22)20-37(34,35)25-18-16-24(17-19-25)36-23-14-8-3-9-15-23;/h1-19,33H,20H2,(H,29,31)(H,30,32);1H. The zero-order valence-corrected chi connectivity index (χ0v) is 20.4. The van der Waals surface area contributed by atoms with Crippen molar-refractivity contribution < 1.29 is 29.4 Å². The molecule has 9 heteroatoms. The summed E-state index contributed by atoms with van der Waals surface area (Å²) in [6.45, 7) is 0. The number of hydrogen-bond donors (Lipinski definition) is 3. The van der Waals surface area contributed by atoms with E-state index in [0.717, 1.165) is 0 Å². The Hall–Kier alpha value is -4.47. The Morgan fingerprint density at radius 3 is 1.84 bits per heavy atom. The summed E-state index contributed by atoms with van der Waals surface area (Å²) < 4.78 is 32.9. The number of hydroxylamine groups is 1. The molecular weight excluding hydrogens is 492 g/mol. The first-order valence-electron chi connectivity index (χ1n) is 11.3. The van der Waals surface area contributed by atoms with Gasteiger partial charge in [0, 0.05) is 6.99 Å². The predicted molar refractivity (Wildman–Crippen MR) is 139 cm³/mol. The quantitative estimate of drug-likeness (QED) is 0.224. The third-order valence-electron chi connectivity index (χ3n) is 5.69. The van der Waals surface area contributed by atoms with Gasteiger partial charge >= 0.3 is 0 Å². The number of hydrogen-bond acceptors (Lipinski definition) is 6. The van der Waals surface area contributed by atoms with Crippen molar-refractivity contribution in [2.75, 3.05) is 5.75 Å². The normalized spacial score (nSPS) is 12.7. The highest BCUT2D eigenvalue weighted by Gasteiger charge is 2.46. The van der Waals surface area contributed by atoms with Crippen molar-refractivity contribution in [1.82, 2.24) is 10.8 Å². The summed E-state index contributed by atoms with van der Waals surface area (Å²) in [5.74, 6) is -1.63. The number of para-hydroxylation sites is 1. The minimum Gasteiger partial charge on any atom is -0.457 e. The van der Waals surface area contributed by atoms with E-state index in [-0.39, 0.29) is 17.4 Å². The molecule has 8 nitrogen and oxygen atoms in total. The van der Waals surface area contributed by atoms with Crippen LogP contribution in [0.25, 0.3) is 0 Å². The molecule has 37 heavy (non-hydrogen) atoms. The predicted octanol–water partition coefficient (Wildman–Crippen LogP) is 4.33. The lowest BCUT2D eigenvalue weighted by molar-refractivity contribution is -0.135. The highest BCUT2D eigenvalue weighted by Crippen LogP contribution is 2.29. The minimum absolute atomic E-state index is 0. The number of ether oxygens (including phenoxy) is 1.